The smallest absolute Gasteiger partial charge is 0.146 e. The van der Waals surface area contributed by atoms with Crippen LogP contribution in [0.5, 0.6) is 0 Å². The molecule has 2 aromatic rings. The minimum absolute atomic E-state index is 0.166. The van der Waals surface area contributed by atoms with E-state index in [0.29, 0.717) is 12.5 Å². The molecule has 1 saturated carbocycles. The lowest BCUT2D eigenvalue weighted by atomic mass is 9.68. The van der Waals surface area contributed by atoms with Crippen LogP contribution in [0.25, 0.3) is 0 Å². The van der Waals surface area contributed by atoms with Gasteiger partial charge in [-0.05, 0) is 88.3 Å². The van der Waals surface area contributed by atoms with Gasteiger partial charge in [0, 0.05) is 23.9 Å². The van der Waals surface area contributed by atoms with Crippen LogP contribution >= 0.6 is 0 Å². The number of aromatic nitrogens is 1. The van der Waals surface area contributed by atoms with Gasteiger partial charge in [-0.1, -0.05) is 6.07 Å². The summed E-state index contributed by atoms with van der Waals surface area (Å²) in [5, 5.41) is 0. The Labute approximate surface area is 169 Å². The molecule has 0 amide bonds. The van der Waals surface area contributed by atoms with Gasteiger partial charge in [-0.15, -0.1) is 0 Å². The van der Waals surface area contributed by atoms with E-state index in [2.05, 4.69) is 15.8 Å². The summed E-state index contributed by atoms with van der Waals surface area (Å²) >= 11 is 0. The molecule has 0 aliphatic heterocycles. The number of hydrogen-bond donors (Lipinski definition) is 2. The lowest BCUT2D eigenvalue weighted by Gasteiger charge is -2.36. The molecule has 0 spiro atoms. The van der Waals surface area contributed by atoms with Crippen LogP contribution in [0.3, 0.4) is 0 Å². The molecule has 152 valence electrons. The second kappa shape index (κ2) is 7.91. The molecule has 2 unspecified atom stereocenters. The Morgan fingerprint density at radius 3 is 2.46 bits per heavy atom. The molecule has 2 atom stereocenters. The van der Waals surface area contributed by atoms with Gasteiger partial charge in [-0.2, -0.15) is 0 Å². The highest BCUT2D eigenvalue weighted by atomic mass is 32.2. The summed E-state index contributed by atoms with van der Waals surface area (Å²) in [6, 6.07) is 9.23. The van der Waals surface area contributed by atoms with Crippen LogP contribution in [0.15, 0.2) is 36.5 Å². The van der Waals surface area contributed by atoms with Crippen LogP contribution in [0.1, 0.15) is 56.9 Å². The Kier molecular flexibility index (Phi) is 5.92. The summed E-state index contributed by atoms with van der Waals surface area (Å²) in [6.07, 6.45) is 4.81. The zero-order valence-corrected chi connectivity index (χ0v) is 17.9. The van der Waals surface area contributed by atoms with Crippen molar-refractivity contribution < 1.29 is 8.60 Å². The van der Waals surface area contributed by atoms with Gasteiger partial charge < -0.3 is 5.73 Å². The van der Waals surface area contributed by atoms with Gasteiger partial charge in [0.2, 0.25) is 0 Å². The van der Waals surface area contributed by atoms with Crippen molar-refractivity contribution in [1.29, 1.82) is 0 Å². The van der Waals surface area contributed by atoms with E-state index in [9.17, 15) is 8.60 Å². The van der Waals surface area contributed by atoms with E-state index in [1.165, 1.54) is 6.07 Å². The first kappa shape index (κ1) is 20.9. The topological polar surface area (TPSA) is 68.0 Å². The second-order valence-electron chi connectivity index (χ2n) is 8.69. The predicted octanol–water partition coefficient (Wildman–Crippen LogP) is 4.25. The maximum Gasteiger partial charge on any atom is 0.146 e. The molecule has 3 N–H and O–H groups in total. The molecule has 1 aromatic heterocycles. The van der Waals surface area contributed by atoms with Gasteiger partial charge in [0.25, 0.3) is 0 Å². The Bertz CT molecular complexity index is 876. The number of rotatable bonds is 7. The highest BCUT2D eigenvalue weighted by Gasteiger charge is 2.47. The van der Waals surface area contributed by atoms with Crippen molar-refractivity contribution in [2.75, 3.05) is 12.3 Å². The molecule has 1 fully saturated rings. The van der Waals surface area contributed by atoms with E-state index in [0.717, 1.165) is 36.1 Å². The summed E-state index contributed by atoms with van der Waals surface area (Å²) < 4.78 is 29.2. The molecule has 4 nitrogen and oxygen atoms in total. The Balaban J connectivity index is 2.02. The number of benzene rings is 1. The standard InChI is InChI=1S/C22H30FN3OS/c1-15-13-18(9-11-25-15)22(16-5-6-16,10-12-26-28(27)21(2,3)4)17-7-8-19(23)20(24)14-17/h7-9,11,13-14,16,26H,5-6,10,12,24H2,1-4H3. The van der Waals surface area contributed by atoms with Gasteiger partial charge in [-0.25, -0.2) is 13.3 Å². The highest BCUT2D eigenvalue weighted by molar-refractivity contribution is 7.84. The first-order valence-electron chi connectivity index (χ1n) is 9.78. The highest BCUT2D eigenvalue weighted by Crippen LogP contribution is 2.53. The molecule has 0 saturated heterocycles. The zero-order valence-electron chi connectivity index (χ0n) is 17.1. The van der Waals surface area contributed by atoms with Gasteiger partial charge >= 0.3 is 0 Å². The number of anilines is 1. The first-order valence-corrected chi connectivity index (χ1v) is 10.9. The molecule has 3 rings (SSSR count). The van der Waals surface area contributed by atoms with E-state index in [1.54, 1.807) is 6.07 Å². The minimum atomic E-state index is -1.14. The molecule has 28 heavy (non-hydrogen) atoms. The van der Waals surface area contributed by atoms with E-state index in [4.69, 9.17) is 5.73 Å². The quantitative estimate of drug-likeness (QED) is 0.679. The maximum atomic E-state index is 13.9. The maximum absolute atomic E-state index is 13.9. The van der Waals surface area contributed by atoms with Crippen LogP contribution in [0, 0.1) is 18.7 Å². The zero-order chi connectivity index (χ0) is 20.5. The van der Waals surface area contributed by atoms with Gasteiger partial charge in [0.1, 0.15) is 5.82 Å². The number of halogens is 1. The van der Waals surface area contributed by atoms with Crippen LogP contribution in [0.4, 0.5) is 10.1 Å². The molecule has 6 heteroatoms. The Morgan fingerprint density at radius 1 is 1.21 bits per heavy atom. The minimum Gasteiger partial charge on any atom is -0.396 e. The number of nitrogens with two attached hydrogens (primary N) is 1. The fraction of sp³-hybridized carbons (Fsp3) is 0.500. The molecule has 1 aromatic carbocycles. The predicted molar refractivity (Wildman–Crippen MR) is 114 cm³/mol. The van der Waals surface area contributed by atoms with Crippen molar-refractivity contribution in [3.63, 3.8) is 0 Å². The molecule has 1 aliphatic rings. The van der Waals surface area contributed by atoms with Crippen molar-refractivity contribution >= 4 is 16.7 Å². The summed E-state index contributed by atoms with van der Waals surface area (Å²) in [4.78, 5) is 4.35. The van der Waals surface area contributed by atoms with E-state index < -0.39 is 16.8 Å². The van der Waals surface area contributed by atoms with Crippen LogP contribution in [-0.4, -0.2) is 20.5 Å². The Morgan fingerprint density at radius 2 is 1.89 bits per heavy atom. The SMILES string of the molecule is Cc1cc(C(CCNS(=O)C(C)(C)C)(c2ccc(F)c(N)c2)C2CC2)ccn1. The summed E-state index contributed by atoms with van der Waals surface area (Å²) in [5.74, 6) is 0.0513. The normalized spacial score (nSPS) is 17.9. The number of nitrogens with one attached hydrogen (secondary N) is 1. The first-order chi connectivity index (χ1) is 13.1. The van der Waals surface area contributed by atoms with Crippen LogP contribution in [0.2, 0.25) is 0 Å². The number of nitrogens with zero attached hydrogens (tertiary/aromatic N) is 1. The fourth-order valence-electron chi connectivity index (χ4n) is 3.91. The fourth-order valence-corrected chi connectivity index (χ4v) is 4.63. The molecule has 0 bridgehead atoms. The number of hydrogen-bond acceptors (Lipinski definition) is 3. The summed E-state index contributed by atoms with van der Waals surface area (Å²) in [6.45, 7) is 8.44. The van der Waals surface area contributed by atoms with E-state index >= 15 is 0 Å². The lowest BCUT2D eigenvalue weighted by molar-refractivity contribution is 0.412. The lowest BCUT2D eigenvalue weighted by Crippen LogP contribution is -2.39. The average molecular weight is 404 g/mol. The van der Waals surface area contributed by atoms with Gasteiger partial charge in [-0.3, -0.25) is 4.98 Å². The van der Waals surface area contributed by atoms with Crippen molar-refractivity contribution in [2.24, 2.45) is 5.92 Å². The third-order valence-corrected chi connectivity index (χ3v) is 7.08. The molecule has 1 heterocycles. The number of aryl methyl sites for hydroxylation is 1. The molecule has 1 aliphatic carbocycles. The molecular weight excluding hydrogens is 373 g/mol. The number of pyridine rings is 1. The van der Waals surface area contributed by atoms with Crippen molar-refractivity contribution in [3.05, 3.63) is 59.2 Å². The molecular formula is C22H30FN3OS. The second-order valence-corrected chi connectivity index (χ2v) is 10.7. The summed E-state index contributed by atoms with van der Waals surface area (Å²) in [5.41, 5.74) is 8.92. The van der Waals surface area contributed by atoms with Crippen molar-refractivity contribution in [3.8, 4) is 0 Å². The van der Waals surface area contributed by atoms with Crippen LogP contribution in [-0.2, 0) is 16.4 Å². The third kappa shape index (κ3) is 4.28. The largest absolute Gasteiger partial charge is 0.396 e. The van der Waals surface area contributed by atoms with Crippen molar-refractivity contribution in [2.45, 2.75) is 57.1 Å². The number of nitrogen functional groups attached to an aromatic ring is 1. The average Bonchev–Trinajstić information content (AvgIpc) is 3.46. The monoisotopic (exact) mass is 403 g/mol. The molecule has 0 radical (unpaired) electrons. The van der Waals surface area contributed by atoms with Gasteiger partial charge in [0.15, 0.2) is 0 Å². The van der Waals surface area contributed by atoms with Crippen molar-refractivity contribution in [1.82, 2.24) is 9.71 Å². The Hall–Kier alpha value is -1.79. The van der Waals surface area contributed by atoms with E-state index in [1.807, 2.05) is 46.0 Å². The van der Waals surface area contributed by atoms with Gasteiger partial charge in [0.05, 0.1) is 21.4 Å². The summed E-state index contributed by atoms with van der Waals surface area (Å²) in [7, 11) is -1.14. The third-order valence-electron chi connectivity index (χ3n) is 5.51. The van der Waals surface area contributed by atoms with E-state index in [-0.39, 0.29) is 15.8 Å². The van der Waals surface area contributed by atoms with Crippen LogP contribution < -0.4 is 10.5 Å².